The fraction of sp³-hybridized carbons (Fsp3) is 0.100. The van der Waals surface area contributed by atoms with E-state index in [0.29, 0.717) is 16.6 Å². The third-order valence-electron chi connectivity index (χ3n) is 1.50. The minimum absolute atomic E-state index is 0.156. The molecule has 0 amide bonds. The minimum atomic E-state index is -1.00. The summed E-state index contributed by atoms with van der Waals surface area (Å²) < 4.78 is 0. The number of alkyl halides is 1. The first-order valence-corrected chi connectivity index (χ1v) is 4.94. The molecule has 0 saturated heterocycles. The molecule has 0 aromatic heterocycles. The van der Waals surface area contributed by atoms with Gasteiger partial charge in [-0.1, -0.05) is 27.8 Å². The summed E-state index contributed by atoms with van der Waals surface area (Å²) in [4.78, 5) is 10.7. The van der Waals surface area contributed by atoms with Crippen LogP contribution in [-0.2, 0) is 0 Å². The van der Waals surface area contributed by atoms with E-state index < -0.39 is 5.97 Å². The van der Waals surface area contributed by atoms with Gasteiger partial charge in [0.15, 0.2) is 0 Å². The summed E-state index contributed by atoms with van der Waals surface area (Å²) in [5.74, 6) is 4.57. The third-order valence-corrected chi connectivity index (χ3v) is 1.78. The van der Waals surface area contributed by atoms with Crippen LogP contribution in [0.1, 0.15) is 15.9 Å². The van der Waals surface area contributed by atoms with Gasteiger partial charge in [0.2, 0.25) is 0 Å². The van der Waals surface area contributed by atoms with E-state index >= 15 is 0 Å². The number of nitrogens with two attached hydrogens (primary N) is 1. The molecular formula is C10H8BrNO2. The number of carboxylic acids is 1. The molecule has 0 fully saturated rings. The number of hydrogen-bond acceptors (Lipinski definition) is 2. The first kappa shape index (κ1) is 10.6. The monoisotopic (exact) mass is 253 g/mol. The molecule has 0 saturated carbocycles. The summed E-state index contributed by atoms with van der Waals surface area (Å²) in [5.41, 5.74) is 6.70. The molecule has 3 nitrogen and oxygen atoms in total. The zero-order valence-corrected chi connectivity index (χ0v) is 8.84. The number of carbonyl (C=O) groups is 1. The lowest BCUT2D eigenvalue weighted by molar-refractivity contribution is 0.0697. The Hall–Kier alpha value is -1.47. The smallest absolute Gasteiger partial charge is 0.335 e. The Morgan fingerprint density at radius 2 is 2.21 bits per heavy atom. The van der Waals surface area contributed by atoms with Crippen molar-refractivity contribution < 1.29 is 9.90 Å². The van der Waals surface area contributed by atoms with Crippen molar-refractivity contribution in [2.45, 2.75) is 0 Å². The lowest BCUT2D eigenvalue weighted by Crippen LogP contribution is -1.98. The third kappa shape index (κ3) is 2.79. The first-order chi connectivity index (χ1) is 6.63. The summed E-state index contributed by atoms with van der Waals surface area (Å²) in [6.07, 6.45) is 0. The predicted octanol–water partition coefficient (Wildman–Crippen LogP) is 1.71. The van der Waals surface area contributed by atoms with Crippen molar-refractivity contribution in [3.8, 4) is 11.8 Å². The molecule has 3 N–H and O–H groups in total. The largest absolute Gasteiger partial charge is 0.478 e. The molecule has 1 rings (SSSR count). The van der Waals surface area contributed by atoms with Crippen molar-refractivity contribution in [2.24, 2.45) is 0 Å². The van der Waals surface area contributed by atoms with E-state index in [4.69, 9.17) is 10.8 Å². The van der Waals surface area contributed by atoms with Gasteiger partial charge < -0.3 is 10.8 Å². The Morgan fingerprint density at radius 3 is 2.79 bits per heavy atom. The number of nitrogen functional groups attached to an aromatic ring is 1. The molecule has 1 aromatic carbocycles. The van der Waals surface area contributed by atoms with Crippen LogP contribution in [0.15, 0.2) is 18.2 Å². The average molecular weight is 254 g/mol. The van der Waals surface area contributed by atoms with E-state index in [1.165, 1.54) is 12.1 Å². The highest BCUT2D eigenvalue weighted by molar-refractivity contribution is 9.09. The van der Waals surface area contributed by atoms with Crippen molar-refractivity contribution in [2.75, 3.05) is 11.1 Å². The Bertz CT molecular complexity index is 418. The number of halogens is 1. The maximum Gasteiger partial charge on any atom is 0.335 e. The average Bonchev–Trinajstić information content (AvgIpc) is 2.14. The van der Waals surface area contributed by atoms with Crippen LogP contribution in [0.3, 0.4) is 0 Å². The fourth-order valence-corrected chi connectivity index (χ4v) is 1.12. The van der Waals surface area contributed by atoms with E-state index in [2.05, 4.69) is 27.8 Å². The van der Waals surface area contributed by atoms with Gasteiger partial charge in [0, 0.05) is 11.3 Å². The molecular weight excluding hydrogens is 246 g/mol. The second kappa shape index (κ2) is 4.68. The summed E-state index contributed by atoms with van der Waals surface area (Å²) in [7, 11) is 0. The molecule has 0 spiro atoms. The molecule has 0 bridgehead atoms. The van der Waals surface area contributed by atoms with Crippen LogP contribution < -0.4 is 5.73 Å². The standard InChI is InChI=1S/C10H8BrNO2/c11-3-1-2-7-4-8(10(13)14)6-9(12)5-7/h4-6H,3,12H2,(H,13,14). The fourth-order valence-electron chi connectivity index (χ4n) is 0.983. The lowest BCUT2D eigenvalue weighted by atomic mass is 10.1. The molecule has 0 radical (unpaired) electrons. The van der Waals surface area contributed by atoms with Crippen LogP contribution in [0, 0.1) is 11.8 Å². The summed E-state index contributed by atoms with van der Waals surface area (Å²) in [6, 6.07) is 4.54. The lowest BCUT2D eigenvalue weighted by Gasteiger charge is -1.98. The number of carboxylic acid groups (broad SMARTS) is 1. The van der Waals surface area contributed by atoms with Gasteiger partial charge in [0.1, 0.15) is 0 Å². The van der Waals surface area contributed by atoms with Crippen molar-refractivity contribution in [1.29, 1.82) is 0 Å². The van der Waals surface area contributed by atoms with E-state index in [1.54, 1.807) is 6.07 Å². The van der Waals surface area contributed by atoms with Gasteiger partial charge in [0.25, 0.3) is 0 Å². The summed E-state index contributed by atoms with van der Waals surface area (Å²) >= 11 is 3.15. The quantitative estimate of drug-likeness (QED) is 0.455. The van der Waals surface area contributed by atoms with Gasteiger partial charge in [0.05, 0.1) is 10.9 Å². The highest BCUT2D eigenvalue weighted by atomic mass is 79.9. The van der Waals surface area contributed by atoms with Gasteiger partial charge in [-0.3, -0.25) is 0 Å². The zero-order valence-electron chi connectivity index (χ0n) is 7.25. The van der Waals surface area contributed by atoms with Gasteiger partial charge >= 0.3 is 5.97 Å². The van der Waals surface area contributed by atoms with Crippen molar-refractivity contribution in [1.82, 2.24) is 0 Å². The normalized spacial score (nSPS) is 8.93. The van der Waals surface area contributed by atoms with Crippen LogP contribution in [0.5, 0.6) is 0 Å². The van der Waals surface area contributed by atoms with Crippen LogP contribution in [-0.4, -0.2) is 16.4 Å². The van der Waals surface area contributed by atoms with Gasteiger partial charge in [-0.25, -0.2) is 4.79 Å². The molecule has 4 heteroatoms. The first-order valence-electron chi connectivity index (χ1n) is 3.82. The molecule has 14 heavy (non-hydrogen) atoms. The minimum Gasteiger partial charge on any atom is -0.478 e. The van der Waals surface area contributed by atoms with E-state index in [1.807, 2.05) is 0 Å². The highest BCUT2D eigenvalue weighted by Gasteiger charge is 2.03. The number of anilines is 1. The summed E-state index contributed by atoms with van der Waals surface area (Å²) in [6.45, 7) is 0. The van der Waals surface area contributed by atoms with E-state index in [9.17, 15) is 4.79 Å². The Kier molecular flexibility index (Phi) is 3.55. The number of benzene rings is 1. The maximum absolute atomic E-state index is 10.7. The van der Waals surface area contributed by atoms with Crippen LogP contribution in [0.4, 0.5) is 5.69 Å². The Balaban J connectivity index is 3.13. The molecule has 0 atom stereocenters. The highest BCUT2D eigenvalue weighted by Crippen LogP contribution is 2.11. The molecule has 72 valence electrons. The molecule has 0 aliphatic heterocycles. The van der Waals surface area contributed by atoms with Gasteiger partial charge in [-0.05, 0) is 18.2 Å². The predicted molar refractivity (Wildman–Crippen MR) is 58.5 cm³/mol. The van der Waals surface area contributed by atoms with E-state index in [-0.39, 0.29) is 5.56 Å². The van der Waals surface area contributed by atoms with Crippen molar-refractivity contribution in [3.05, 3.63) is 29.3 Å². The zero-order chi connectivity index (χ0) is 10.6. The SMILES string of the molecule is Nc1cc(C#CCBr)cc(C(=O)O)c1. The maximum atomic E-state index is 10.7. The second-order valence-electron chi connectivity index (χ2n) is 2.58. The van der Waals surface area contributed by atoms with Crippen molar-refractivity contribution in [3.63, 3.8) is 0 Å². The molecule has 0 aliphatic carbocycles. The van der Waals surface area contributed by atoms with Crippen molar-refractivity contribution >= 4 is 27.6 Å². The van der Waals surface area contributed by atoms with Gasteiger partial charge in [-0.15, -0.1) is 0 Å². The van der Waals surface area contributed by atoms with Crippen LogP contribution in [0.25, 0.3) is 0 Å². The molecule has 1 aromatic rings. The second-order valence-corrected chi connectivity index (χ2v) is 3.14. The Labute approximate surface area is 90.1 Å². The molecule has 0 heterocycles. The number of hydrogen-bond donors (Lipinski definition) is 2. The summed E-state index contributed by atoms with van der Waals surface area (Å²) in [5, 5.41) is 9.29. The Morgan fingerprint density at radius 1 is 1.50 bits per heavy atom. The van der Waals surface area contributed by atoms with Crippen LogP contribution in [0.2, 0.25) is 0 Å². The number of aromatic carboxylic acids is 1. The molecule has 0 unspecified atom stereocenters. The molecule has 0 aliphatic rings. The van der Waals surface area contributed by atoms with E-state index in [0.717, 1.165) is 0 Å². The van der Waals surface area contributed by atoms with Gasteiger partial charge in [-0.2, -0.15) is 0 Å². The topological polar surface area (TPSA) is 63.3 Å². The van der Waals surface area contributed by atoms with Crippen LogP contribution >= 0.6 is 15.9 Å². The number of rotatable bonds is 1.